The number of amides is 1. The van der Waals surface area contributed by atoms with E-state index in [2.05, 4.69) is 153 Å². The van der Waals surface area contributed by atoms with Crippen molar-refractivity contribution in [1.82, 2.24) is 5.32 Å². The zero-order valence-corrected chi connectivity index (χ0v) is 48.0. The molecule has 0 radical (unpaired) electrons. The first kappa shape index (κ1) is 70.3. The van der Waals surface area contributed by atoms with E-state index in [1.54, 1.807) is 0 Å². The standard InChI is InChI=1S/C67H111NO8/c1-3-5-7-9-11-13-15-17-19-20-21-22-23-24-25-26-27-28-29-30-31-32-33-34-35-36-37-38-39-40-41-42-43-45-47-49-51-53-55-57-63(71)68-60(59-75-67-66(74)65(73)64(72)62(58-69)76-67)61(70)56-54-52-50-48-46-44-18-16-14-12-10-8-6-4-2/h5,7,11,13,17,19,21-22,24-25,27-28,30-31,33-34,36-37,39-40,42-43,60-62,64-67,69-70,72-74H,3-4,6,8-10,12,14-16,18,20,23,26,29,32,35,38,41,44-59H2,1-2H3,(H,68,71)/b7-5-,13-11-,19-17-,22-21-,25-24-,28-27-,31-30-,34-33-,37-36-,40-39-,43-42-. The summed E-state index contributed by atoms with van der Waals surface area (Å²) in [6, 6.07) is -0.739. The molecule has 432 valence electrons. The SMILES string of the molecule is CC/C=C\C/C=C\C/C=C\C/C=C\C/C=C\C/C=C\C/C=C\C/C=C\C/C=C\C/C=C\C/C=C\CCCCCCCC(=O)NC(COC1OC(CO)C(O)C(O)C1O)C(O)CCCCCCCCCCCCCCCC. The van der Waals surface area contributed by atoms with Crippen LogP contribution in [0.25, 0.3) is 0 Å². The molecule has 1 heterocycles. The maximum Gasteiger partial charge on any atom is 0.220 e. The quantitative estimate of drug-likeness (QED) is 0.0261. The average molecular weight is 1060 g/mol. The van der Waals surface area contributed by atoms with Crippen LogP contribution in [0.3, 0.4) is 0 Å². The molecule has 0 spiro atoms. The highest BCUT2D eigenvalue weighted by Crippen LogP contribution is 2.23. The fourth-order valence-electron chi connectivity index (χ4n) is 8.75. The molecule has 0 aromatic rings. The second-order valence-corrected chi connectivity index (χ2v) is 20.4. The van der Waals surface area contributed by atoms with Gasteiger partial charge < -0.3 is 40.3 Å². The molecular weight excluding hydrogens is 947 g/mol. The number of nitrogens with one attached hydrogen (secondary N) is 1. The molecule has 0 aromatic carbocycles. The van der Waals surface area contributed by atoms with E-state index < -0.39 is 49.5 Å². The highest BCUT2D eigenvalue weighted by Gasteiger charge is 2.44. The summed E-state index contributed by atoms with van der Waals surface area (Å²) in [5, 5.41) is 54.6. The summed E-state index contributed by atoms with van der Waals surface area (Å²) in [7, 11) is 0. The Morgan fingerprint density at radius 1 is 0.461 bits per heavy atom. The van der Waals surface area contributed by atoms with Gasteiger partial charge in [-0.2, -0.15) is 0 Å². The van der Waals surface area contributed by atoms with E-state index >= 15 is 0 Å². The Morgan fingerprint density at radius 2 is 0.816 bits per heavy atom. The van der Waals surface area contributed by atoms with Crippen LogP contribution in [0, 0.1) is 0 Å². The molecule has 0 aromatic heterocycles. The first-order chi connectivity index (χ1) is 37.3. The van der Waals surface area contributed by atoms with E-state index in [1.807, 2.05) is 0 Å². The van der Waals surface area contributed by atoms with Crippen molar-refractivity contribution in [3.8, 4) is 0 Å². The van der Waals surface area contributed by atoms with Gasteiger partial charge in [-0.1, -0.05) is 257 Å². The molecule has 1 rings (SSSR count). The molecule has 1 aliphatic heterocycles. The summed E-state index contributed by atoms with van der Waals surface area (Å²) in [5.41, 5.74) is 0. The average Bonchev–Trinajstić information content (AvgIpc) is 3.42. The van der Waals surface area contributed by atoms with Crippen molar-refractivity contribution in [3.63, 3.8) is 0 Å². The number of unbranched alkanes of at least 4 members (excludes halogenated alkanes) is 18. The van der Waals surface area contributed by atoms with E-state index in [0.29, 0.717) is 12.8 Å². The van der Waals surface area contributed by atoms with Gasteiger partial charge in [0, 0.05) is 6.42 Å². The smallest absolute Gasteiger partial charge is 0.220 e. The normalized spacial score (nSPS) is 19.8. The van der Waals surface area contributed by atoms with E-state index in [-0.39, 0.29) is 12.5 Å². The van der Waals surface area contributed by atoms with E-state index in [0.717, 1.165) is 128 Å². The van der Waals surface area contributed by atoms with Crippen LogP contribution in [-0.2, 0) is 14.3 Å². The largest absolute Gasteiger partial charge is 0.394 e. The Kier molecular flexibility index (Phi) is 50.6. The van der Waals surface area contributed by atoms with Gasteiger partial charge in [0.1, 0.15) is 24.4 Å². The van der Waals surface area contributed by atoms with Gasteiger partial charge in [-0.15, -0.1) is 0 Å². The lowest BCUT2D eigenvalue weighted by atomic mass is 9.99. The fraction of sp³-hybridized carbons (Fsp3) is 0.657. The Balaban J connectivity index is 2.18. The molecule has 7 unspecified atom stereocenters. The molecule has 1 fully saturated rings. The van der Waals surface area contributed by atoms with Gasteiger partial charge in [0.15, 0.2) is 6.29 Å². The Bertz CT molecular complexity index is 1650. The number of hydrogen-bond acceptors (Lipinski definition) is 8. The van der Waals surface area contributed by atoms with Gasteiger partial charge >= 0.3 is 0 Å². The lowest BCUT2D eigenvalue weighted by molar-refractivity contribution is -0.302. The summed E-state index contributed by atoms with van der Waals surface area (Å²) in [6.07, 6.45) is 76.2. The molecule has 0 bridgehead atoms. The van der Waals surface area contributed by atoms with Crippen molar-refractivity contribution in [2.45, 2.75) is 269 Å². The number of aliphatic hydroxyl groups is 5. The van der Waals surface area contributed by atoms with E-state index in [4.69, 9.17) is 9.47 Å². The van der Waals surface area contributed by atoms with Gasteiger partial charge in [-0.05, 0) is 96.3 Å². The zero-order valence-electron chi connectivity index (χ0n) is 48.0. The molecule has 0 aliphatic carbocycles. The number of rotatable bonds is 50. The summed E-state index contributed by atoms with van der Waals surface area (Å²) in [6.45, 7) is 3.70. The first-order valence-electron chi connectivity index (χ1n) is 30.4. The highest BCUT2D eigenvalue weighted by atomic mass is 16.7. The molecular formula is C67H111NO8. The number of ether oxygens (including phenoxy) is 2. The number of hydrogen-bond donors (Lipinski definition) is 6. The molecule has 9 nitrogen and oxygen atoms in total. The molecule has 7 atom stereocenters. The maximum atomic E-state index is 13.1. The predicted octanol–water partition coefficient (Wildman–Crippen LogP) is 15.7. The summed E-state index contributed by atoms with van der Waals surface area (Å²) in [5.74, 6) is -0.168. The lowest BCUT2D eigenvalue weighted by Gasteiger charge is -2.40. The summed E-state index contributed by atoms with van der Waals surface area (Å²) >= 11 is 0. The minimum absolute atomic E-state index is 0.154. The molecule has 1 amide bonds. The summed E-state index contributed by atoms with van der Waals surface area (Å²) < 4.78 is 11.3. The third-order valence-electron chi connectivity index (χ3n) is 13.5. The fourth-order valence-corrected chi connectivity index (χ4v) is 8.75. The minimum atomic E-state index is -1.56. The topological polar surface area (TPSA) is 149 Å². The Labute approximate surface area is 464 Å². The first-order valence-corrected chi connectivity index (χ1v) is 30.4. The van der Waals surface area contributed by atoms with Crippen LogP contribution in [0.2, 0.25) is 0 Å². The summed E-state index contributed by atoms with van der Waals surface area (Å²) in [4.78, 5) is 13.1. The molecule has 1 aliphatic rings. The number of allylic oxidation sites excluding steroid dienone is 22. The molecule has 0 saturated carbocycles. The predicted molar refractivity (Wildman–Crippen MR) is 322 cm³/mol. The van der Waals surface area contributed by atoms with Crippen LogP contribution < -0.4 is 5.32 Å². The maximum absolute atomic E-state index is 13.1. The molecule has 1 saturated heterocycles. The van der Waals surface area contributed by atoms with Gasteiger partial charge in [0.2, 0.25) is 5.91 Å². The monoisotopic (exact) mass is 1060 g/mol. The minimum Gasteiger partial charge on any atom is -0.394 e. The molecule has 76 heavy (non-hydrogen) atoms. The van der Waals surface area contributed by atoms with Crippen molar-refractivity contribution < 1.29 is 39.8 Å². The van der Waals surface area contributed by atoms with Crippen LogP contribution in [0.5, 0.6) is 0 Å². The van der Waals surface area contributed by atoms with Crippen molar-refractivity contribution in [2.24, 2.45) is 0 Å². The van der Waals surface area contributed by atoms with Crippen LogP contribution in [0.4, 0.5) is 0 Å². The number of carbonyl (C=O) groups is 1. The lowest BCUT2D eigenvalue weighted by Crippen LogP contribution is -2.60. The van der Waals surface area contributed by atoms with E-state index in [1.165, 1.54) is 70.6 Å². The number of carbonyl (C=O) groups excluding carboxylic acids is 1. The molecule has 6 N–H and O–H groups in total. The second kappa shape index (κ2) is 54.7. The Hall–Kier alpha value is -3.67. The zero-order chi connectivity index (χ0) is 55.0. The van der Waals surface area contributed by atoms with E-state index in [9.17, 15) is 30.3 Å². The van der Waals surface area contributed by atoms with Crippen molar-refractivity contribution >= 4 is 5.91 Å². The van der Waals surface area contributed by atoms with Gasteiger partial charge in [0.05, 0.1) is 25.4 Å². The molecule has 9 heteroatoms. The van der Waals surface area contributed by atoms with Crippen LogP contribution in [0.15, 0.2) is 134 Å². The third kappa shape index (κ3) is 43.3. The van der Waals surface area contributed by atoms with Crippen LogP contribution in [-0.4, -0.2) is 87.5 Å². The van der Waals surface area contributed by atoms with Gasteiger partial charge in [-0.3, -0.25) is 4.79 Å². The highest BCUT2D eigenvalue weighted by molar-refractivity contribution is 5.76. The second-order valence-electron chi connectivity index (χ2n) is 20.4. The van der Waals surface area contributed by atoms with Crippen molar-refractivity contribution in [3.05, 3.63) is 134 Å². The van der Waals surface area contributed by atoms with Gasteiger partial charge in [-0.25, -0.2) is 0 Å². The van der Waals surface area contributed by atoms with Gasteiger partial charge in [0.25, 0.3) is 0 Å². The third-order valence-corrected chi connectivity index (χ3v) is 13.5. The van der Waals surface area contributed by atoms with Crippen LogP contribution >= 0.6 is 0 Å². The van der Waals surface area contributed by atoms with Crippen molar-refractivity contribution in [2.75, 3.05) is 13.2 Å². The Morgan fingerprint density at radius 3 is 1.21 bits per heavy atom. The van der Waals surface area contributed by atoms with Crippen molar-refractivity contribution in [1.29, 1.82) is 0 Å². The number of aliphatic hydroxyl groups excluding tert-OH is 5. The van der Waals surface area contributed by atoms with Crippen LogP contribution in [0.1, 0.15) is 226 Å².